The van der Waals surface area contributed by atoms with E-state index in [2.05, 4.69) is 10.6 Å². The van der Waals surface area contributed by atoms with Gasteiger partial charge in [0.15, 0.2) is 0 Å². The number of hydrogen-bond donors (Lipinski definition) is 3. The summed E-state index contributed by atoms with van der Waals surface area (Å²) in [6, 6.07) is 5.02. The third kappa shape index (κ3) is 5.74. The highest BCUT2D eigenvalue weighted by Gasteiger charge is 2.19. The van der Waals surface area contributed by atoms with Gasteiger partial charge < -0.3 is 25.4 Å². The van der Waals surface area contributed by atoms with E-state index >= 15 is 0 Å². The van der Waals surface area contributed by atoms with Gasteiger partial charge in [0.05, 0.1) is 24.9 Å². The van der Waals surface area contributed by atoms with E-state index < -0.39 is 0 Å². The van der Waals surface area contributed by atoms with E-state index in [1.165, 1.54) is 6.07 Å². The molecule has 1 aromatic carbocycles. The normalized spacial score (nSPS) is 15.5. The predicted molar refractivity (Wildman–Crippen MR) is 90.4 cm³/mol. The number of halogens is 1. The fourth-order valence-electron chi connectivity index (χ4n) is 2.66. The van der Waals surface area contributed by atoms with Crippen LogP contribution in [0, 0.1) is 5.82 Å². The molecule has 3 N–H and O–H groups in total. The Morgan fingerprint density at radius 1 is 1.42 bits per heavy atom. The third-order valence-electron chi connectivity index (χ3n) is 4.08. The largest absolute Gasteiger partial charge is 0.393 e. The van der Waals surface area contributed by atoms with Gasteiger partial charge in [-0.3, -0.25) is 4.79 Å². The standard InChI is InChI=1S/C17H26FN3O3/c1-24-9-6-19-12-17(23)20-11-13-2-3-16(15(18)10-13)21-7-4-14(22)5-8-21/h2-3,10,14,19,22H,4-9,11-12H2,1H3,(H,20,23). The van der Waals surface area contributed by atoms with Crippen molar-refractivity contribution in [2.24, 2.45) is 0 Å². The molecule has 1 saturated heterocycles. The number of aliphatic hydroxyl groups is 1. The van der Waals surface area contributed by atoms with Crippen molar-refractivity contribution in [1.29, 1.82) is 0 Å². The van der Waals surface area contributed by atoms with Crippen LogP contribution < -0.4 is 15.5 Å². The molecule has 0 aromatic heterocycles. The monoisotopic (exact) mass is 339 g/mol. The molecule has 0 saturated carbocycles. The van der Waals surface area contributed by atoms with Crippen molar-refractivity contribution in [3.8, 4) is 0 Å². The first-order valence-corrected chi connectivity index (χ1v) is 8.28. The molecule has 0 unspecified atom stereocenters. The van der Waals surface area contributed by atoms with Crippen molar-refractivity contribution in [2.75, 3.05) is 44.8 Å². The van der Waals surface area contributed by atoms with Crippen molar-refractivity contribution in [3.63, 3.8) is 0 Å². The van der Waals surface area contributed by atoms with Gasteiger partial charge in [0.2, 0.25) is 5.91 Å². The first-order valence-electron chi connectivity index (χ1n) is 8.28. The van der Waals surface area contributed by atoms with E-state index in [1.54, 1.807) is 13.2 Å². The number of carbonyl (C=O) groups excluding carboxylic acids is 1. The number of methoxy groups -OCH3 is 1. The molecule has 1 aliphatic rings. The Morgan fingerprint density at radius 3 is 2.83 bits per heavy atom. The van der Waals surface area contributed by atoms with E-state index in [0.29, 0.717) is 51.3 Å². The molecule has 0 aliphatic carbocycles. The van der Waals surface area contributed by atoms with Crippen LogP contribution in [0.2, 0.25) is 0 Å². The number of amides is 1. The maximum Gasteiger partial charge on any atom is 0.234 e. The van der Waals surface area contributed by atoms with Gasteiger partial charge in [-0.2, -0.15) is 0 Å². The zero-order valence-electron chi connectivity index (χ0n) is 14.1. The van der Waals surface area contributed by atoms with E-state index in [1.807, 2.05) is 11.0 Å². The average molecular weight is 339 g/mol. The number of nitrogens with one attached hydrogen (secondary N) is 2. The fourth-order valence-corrected chi connectivity index (χ4v) is 2.66. The van der Waals surface area contributed by atoms with Crippen LogP contribution in [0.25, 0.3) is 0 Å². The number of nitrogens with zero attached hydrogens (tertiary/aromatic N) is 1. The van der Waals surface area contributed by atoms with Gasteiger partial charge in [-0.25, -0.2) is 4.39 Å². The number of benzene rings is 1. The number of piperidine rings is 1. The lowest BCUT2D eigenvalue weighted by molar-refractivity contribution is -0.120. The molecular formula is C17H26FN3O3. The van der Waals surface area contributed by atoms with Crippen molar-refractivity contribution in [1.82, 2.24) is 10.6 Å². The van der Waals surface area contributed by atoms with Crippen molar-refractivity contribution < 1.29 is 19.0 Å². The molecule has 134 valence electrons. The summed E-state index contributed by atoms with van der Waals surface area (Å²) in [6.07, 6.45) is 1.04. The minimum atomic E-state index is -0.295. The second-order valence-electron chi connectivity index (χ2n) is 5.95. The van der Waals surface area contributed by atoms with Crippen LogP contribution in [0.4, 0.5) is 10.1 Å². The van der Waals surface area contributed by atoms with Crippen LogP contribution in [0.5, 0.6) is 0 Å². The molecule has 0 spiro atoms. The number of aliphatic hydroxyl groups excluding tert-OH is 1. The highest BCUT2D eigenvalue weighted by Crippen LogP contribution is 2.24. The van der Waals surface area contributed by atoms with Gasteiger partial charge in [0.1, 0.15) is 5.82 Å². The summed E-state index contributed by atoms with van der Waals surface area (Å²) in [5.41, 5.74) is 1.27. The second-order valence-corrected chi connectivity index (χ2v) is 5.95. The summed E-state index contributed by atoms with van der Waals surface area (Å²) in [6.45, 7) is 2.97. The molecule has 7 heteroatoms. The molecule has 2 rings (SSSR count). The summed E-state index contributed by atoms with van der Waals surface area (Å²) < 4.78 is 19.2. The van der Waals surface area contributed by atoms with Crippen molar-refractivity contribution >= 4 is 11.6 Å². The average Bonchev–Trinajstić information content (AvgIpc) is 2.58. The molecule has 24 heavy (non-hydrogen) atoms. The highest BCUT2D eigenvalue weighted by atomic mass is 19.1. The van der Waals surface area contributed by atoms with Gasteiger partial charge in [-0.05, 0) is 30.5 Å². The molecular weight excluding hydrogens is 313 g/mol. The topological polar surface area (TPSA) is 73.8 Å². The summed E-state index contributed by atoms with van der Waals surface area (Å²) in [5, 5.41) is 15.2. The smallest absolute Gasteiger partial charge is 0.234 e. The summed E-state index contributed by atoms with van der Waals surface area (Å²) in [5.74, 6) is -0.433. The lowest BCUT2D eigenvalue weighted by atomic mass is 10.1. The zero-order chi connectivity index (χ0) is 17.4. The molecule has 1 aliphatic heterocycles. The minimum Gasteiger partial charge on any atom is -0.393 e. The maximum absolute atomic E-state index is 14.3. The molecule has 1 fully saturated rings. The van der Waals surface area contributed by atoms with E-state index in [0.717, 1.165) is 5.56 Å². The lowest BCUT2D eigenvalue weighted by Crippen LogP contribution is -2.36. The van der Waals surface area contributed by atoms with Crippen molar-refractivity contribution in [3.05, 3.63) is 29.6 Å². The Kier molecular flexibility index (Phi) is 7.42. The summed E-state index contributed by atoms with van der Waals surface area (Å²) >= 11 is 0. The Labute approximate surface area is 142 Å². The fraction of sp³-hybridized carbons (Fsp3) is 0.588. The SMILES string of the molecule is COCCNCC(=O)NCc1ccc(N2CCC(O)CC2)c(F)c1. The van der Waals surface area contributed by atoms with Gasteiger partial charge >= 0.3 is 0 Å². The number of ether oxygens (including phenoxy) is 1. The summed E-state index contributed by atoms with van der Waals surface area (Å²) in [7, 11) is 1.60. The Balaban J connectivity index is 1.80. The lowest BCUT2D eigenvalue weighted by Gasteiger charge is -2.31. The van der Waals surface area contributed by atoms with Gasteiger partial charge in [0, 0.05) is 33.3 Å². The Hall–Kier alpha value is -1.70. The number of anilines is 1. The zero-order valence-corrected chi connectivity index (χ0v) is 14.1. The van der Waals surface area contributed by atoms with Crippen molar-refractivity contribution in [2.45, 2.75) is 25.5 Å². The van der Waals surface area contributed by atoms with E-state index in [9.17, 15) is 14.3 Å². The highest BCUT2D eigenvalue weighted by molar-refractivity contribution is 5.77. The molecule has 1 heterocycles. The second kappa shape index (κ2) is 9.56. The van der Waals surface area contributed by atoms with Gasteiger partial charge in [-0.1, -0.05) is 6.07 Å². The van der Waals surface area contributed by atoms with E-state index in [-0.39, 0.29) is 24.4 Å². The molecule has 0 radical (unpaired) electrons. The predicted octanol–water partition coefficient (Wildman–Crippen LogP) is 0.639. The molecule has 0 bridgehead atoms. The first-order chi connectivity index (χ1) is 11.6. The Morgan fingerprint density at radius 2 is 2.17 bits per heavy atom. The summed E-state index contributed by atoms with van der Waals surface area (Å²) in [4.78, 5) is 13.6. The Bertz CT molecular complexity index is 534. The first kappa shape index (κ1) is 18.6. The van der Waals surface area contributed by atoms with E-state index in [4.69, 9.17) is 4.74 Å². The van der Waals surface area contributed by atoms with Crippen LogP contribution in [0.1, 0.15) is 18.4 Å². The molecule has 1 aromatic rings. The van der Waals surface area contributed by atoms with Crippen LogP contribution in [0.15, 0.2) is 18.2 Å². The number of hydrogen-bond acceptors (Lipinski definition) is 5. The van der Waals surface area contributed by atoms with Gasteiger partial charge in [-0.15, -0.1) is 0 Å². The van der Waals surface area contributed by atoms with Crippen LogP contribution in [0.3, 0.4) is 0 Å². The number of carbonyl (C=O) groups is 1. The van der Waals surface area contributed by atoms with Crippen LogP contribution in [-0.4, -0.2) is 57.0 Å². The van der Waals surface area contributed by atoms with Crippen LogP contribution >= 0.6 is 0 Å². The minimum absolute atomic E-state index is 0.138. The maximum atomic E-state index is 14.3. The van der Waals surface area contributed by atoms with Gasteiger partial charge in [0.25, 0.3) is 0 Å². The third-order valence-corrected chi connectivity index (χ3v) is 4.08. The quantitative estimate of drug-likeness (QED) is 0.606. The van der Waals surface area contributed by atoms with Crippen LogP contribution in [-0.2, 0) is 16.1 Å². The number of rotatable bonds is 8. The molecule has 6 nitrogen and oxygen atoms in total. The molecule has 0 atom stereocenters. The molecule has 1 amide bonds.